The number of rotatable bonds is 38. The highest BCUT2D eigenvalue weighted by molar-refractivity contribution is 9.11. The Balaban J connectivity index is 1.56. The Hall–Kier alpha value is -1.08. The number of hydrogen-bond acceptors (Lipinski definition) is 4. The first-order chi connectivity index (χ1) is 30.5. The van der Waals surface area contributed by atoms with Crippen molar-refractivity contribution in [2.75, 3.05) is 0 Å². The van der Waals surface area contributed by atoms with E-state index in [-0.39, 0.29) is 0 Å². The molecule has 0 N–H and O–H groups in total. The molecule has 62 heavy (non-hydrogen) atoms. The van der Waals surface area contributed by atoms with Crippen LogP contribution in [-0.2, 0) is 25.7 Å². The summed E-state index contributed by atoms with van der Waals surface area (Å²) in [5.41, 5.74) is 10.2. The van der Waals surface area contributed by atoms with Gasteiger partial charge in [0.1, 0.15) is 0 Å². The smallest absolute Gasteiger partial charge is 0.0983 e. The van der Waals surface area contributed by atoms with Crippen LogP contribution >= 0.6 is 54.5 Å². The zero-order chi connectivity index (χ0) is 44.0. The van der Waals surface area contributed by atoms with Crippen molar-refractivity contribution in [3.05, 3.63) is 54.4 Å². The number of halogens is 2. The molecule has 6 heteroatoms. The molecule has 4 aromatic rings. The number of nitrogens with zero attached hydrogens (tertiary/aromatic N) is 2. The molecular formula is C56H88Br2N2S2. The molecule has 348 valence electrons. The number of benzene rings is 1. The summed E-state index contributed by atoms with van der Waals surface area (Å²) in [6, 6.07) is 9.71. The number of thiophene rings is 2. The van der Waals surface area contributed by atoms with E-state index in [0.29, 0.717) is 0 Å². The third-order valence-electron chi connectivity index (χ3n) is 13.2. The standard InChI is InChI=1S/C56H88Br2N2S2/c1-5-9-13-17-21-23-25-27-29-33-37-45-43-51(61-55(45)57)47-41-42-48(52-44-46(56(58)62-52)38-34-30-28-26-24-22-18-14-10-6-2)54-53(47)59-49(39-35-31-19-15-11-7-3)50(60-54)40-36-32-20-16-12-8-4/h41-44H,5-40H2,1-4H3. The largest absolute Gasteiger partial charge is 0.249 e. The van der Waals surface area contributed by atoms with Crippen molar-refractivity contribution in [1.29, 1.82) is 0 Å². The third-order valence-corrected chi connectivity index (χ3v) is 17.1. The molecule has 0 atom stereocenters. The molecule has 0 unspecified atom stereocenters. The fraction of sp³-hybridized carbons (Fsp3) is 0.714. The molecule has 0 spiro atoms. The molecule has 0 aliphatic carbocycles. The van der Waals surface area contributed by atoms with Gasteiger partial charge in [0.15, 0.2) is 0 Å². The zero-order valence-electron chi connectivity index (χ0n) is 40.2. The van der Waals surface area contributed by atoms with Gasteiger partial charge in [-0.1, -0.05) is 220 Å². The molecule has 0 bridgehead atoms. The van der Waals surface area contributed by atoms with Gasteiger partial charge in [0, 0.05) is 20.9 Å². The fourth-order valence-corrected chi connectivity index (χ4v) is 12.8. The van der Waals surface area contributed by atoms with E-state index in [4.69, 9.17) is 9.97 Å². The van der Waals surface area contributed by atoms with Crippen LogP contribution in [0.3, 0.4) is 0 Å². The number of aromatic nitrogens is 2. The summed E-state index contributed by atoms with van der Waals surface area (Å²) in [6.07, 6.45) is 47.5. The molecule has 3 heterocycles. The van der Waals surface area contributed by atoms with Crippen LogP contribution in [0.25, 0.3) is 31.9 Å². The average molecular weight is 1010 g/mol. The molecule has 0 aliphatic heterocycles. The van der Waals surface area contributed by atoms with E-state index in [2.05, 4.69) is 83.8 Å². The number of unbranched alkanes of at least 4 members (excludes halogenated alkanes) is 28. The highest BCUT2D eigenvalue weighted by Gasteiger charge is 2.20. The van der Waals surface area contributed by atoms with Crippen LogP contribution in [0, 0.1) is 0 Å². The lowest BCUT2D eigenvalue weighted by atomic mass is 10.00. The lowest BCUT2D eigenvalue weighted by Gasteiger charge is -2.14. The van der Waals surface area contributed by atoms with Crippen molar-refractivity contribution in [2.24, 2.45) is 0 Å². The summed E-state index contributed by atoms with van der Waals surface area (Å²) in [4.78, 5) is 14.1. The van der Waals surface area contributed by atoms with E-state index >= 15 is 0 Å². The van der Waals surface area contributed by atoms with Crippen molar-refractivity contribution in [3.63, 3.8) is 0 Å². The molecule has 0 amide bonds. The zero-order valence-corrected chi connectivity index (χ0v) is 45.0. The fourth-order valence-electron chi connectivity index (χ4n) is 9.17. The first kappa shape index (κ1) is 53.5. The molecule has 0 aliphatic rings. The van der Waals surface area contributed by atoms with Gasteiger partial charge in [-0.25, -0.2) is 9.97 Å². The van der Waals surface area contributed by atoms with Crippen molar-refractivity contribution in [1.82, 2.24) is 9.97 Å². The van der Waals surface area contributed by atoms with Crippen LogP contribution in [0.15, 0.2) is 31.8 Å². The molecule has 3 aromatic heterocycles. The summed E-state index contributed by atoms with van der Waals surface area (Å²) < 4.78 is 2.58. The molecule has 2 nitrogen and oxygen atoms in total. The summed E-state index contributed by atoms with van der Waals surface area (Å²) in [5, 5.41) is 0. The van der Waals surface area contributed by atoms with Gasteiger partial charge in [-0.2, -0.15) is 0 Å². The highest BCUT2D eigenvalue weighted by Crippen LogP contribution is 2.44. The summed E-state index contributed by atoms with van der Waals surface area (Å²) in [5.74, 6) is 0. The molecule has 0 fully saturated rings. The van der Waals surface area contributed by atoms with Crippen molar-refractivity contribution in [2.45, 2.75) is 259 Å². The van der Waals surface area contributed by atoms with Gasteiger partial charge in [-0.05, 0) is 106 Å². The maximum absolute atomic E-state index is 5.72. The normalized spacial score (nSPS) is 11.8. The SMILES string of the molecule is CCCCCCCCCCCCc1cc(-c2ccc(-c3cc(CCCCCCCCCCCC)c(Br)s3)c3nc(CCCCCCCC)c(CCCCCCCC)nc23)sc1Br. The van der Waals surface area contributed by atoms with Crippen molar-refractivity contribution < 1.29 is 0 Å². The van der Waals surface area contributed by atoms with Gasteiger partial charge in [-0.15, -0.1) is 22.7 Å². The first-order valence-electron chi connectivity index (χ1n) is 26.4. The average Bonchev–Trinajstić information content (AvgIpc) is 3.84. The van der Waals surface area contributed by atoms with Crippen LogP contribution in [0.2, 0.25) is 0 Å². The number of aryl methyl sites for hydroxylation is 4. The molecular weight excluding hydrogens is 925 g/mol. The summed E-state index contributed by atoms with van der Waals surface area (Å²) >= 11 is 11.9. The van der Waals surface area contributed by atoms with Crippen LogP contribution in [0.5, 0.6) is 0 Å². The Labute approximate surface area is 406 Å². The maximum atomic E-state index is 5.72. The molecule has 4 rings (SSSR count). The van der Waals surface area contributed by atoms with Gasteiger partial charge < -0.3 is 0 Å². The molecule has 0 saturated carbocycles. The van der Waals surface area contributed by atoms with Crippen LogP contribution < -0.4 is 0 Å². The minimum Gasteiger partial charge on any atom is -0.249 e. The van der Waals surface area contributed by atoms with Gasteiger partial charge in [-0.3, -0.25) is 0 Å². The van der Waals surface area contributed by atoms with Gasteiger partial charge in [0.2, 0.25) is 0 Å². The van der Waals surface area contributed by atoms with E-state index in [1.54, 1.807) is 0 Å². The molecule has 0 radical (unpaired) electrons. The monoisotopic (exact) mass is 1010 g/mol. The highest BCUT2D eigenvalue weighted by atomic mass is 79.9. The Bertz CT molecular complexity index is 1630. The lowest BCUT2D eigenvalue weighted by molar-refractivity contribution is 0.556. The van der Waals surface area contributed by atoms with E-state index in [0.717, 1.165) is 36.7 Å². The Morgan fingerprint density at radius 3 is 0.903 bits per heavy atom. The summed E-state index contributed by atoms with van der Waals surface area (Å²) in [7, 11) is 0. The Kier molecular flexibility index (Phi) is 28.8. The molecule has 1 aromatic carbocycles. The topological polar surface area (TPSA) is 25.8 Å². The minimum atomic E-state index is 1.04. The number of fused-ring (bicyclic) bond motifs is 1. The van der Waals surface area contributed by atoms with Crippen LogP contribution in [0.4, 0.5) is 0 Å². The minimum absolute atomic E-state index is 1.04. The van der Waals surface area contributed by atoms with Crippen LogP contribution in [0.1, 0.15) is 256 Å². The van der Waals surface area contributed by atoms with Crippen molar-refractivity contribution in [3.8, 4) is 20.9 Å². The van der Waals surface area contributed by atoms with E-state index in [9.17, 15) is 0 Å². The predicted octanol–water partition coefficient (Wildman–Crippen LogP) is 21.3. The van der Waals surface area contributed by atoms with E-state index < -0.39 is 0 Å². The van der Waals surface area contributed by atoms with E-state index in [1.807, 2.05) is 22.7 Å². The first-order valence-corrected chi connectivity index (χ1v) is 29.6. The van der Waals surface area contributed by atoms with Crippen LogP contribution in [-0.4, -0.2) is 9.97 Å². The number of hydrogen-bond donors (Lipinski definition) is 0. The lowest BCUT2D eigenvalue weighted by Crippen LogP contribution is -2.05. The molecule has 0 saturated heterocycles. The van der Waals surface area contributed by atoms with Gasteiger partial charge in [0.25, 0.3) is 0 Å². The second-order valence-corrected chi connectivity index (χ2v) is 23.4. The Morgan fingerprint density at radius 1 is 0.355 bits per heavy atom. The summed E-state index contributed by atoms with van der Waals surface area (Å²) in [6.45, 7) is 9.24. The van der Waals surface area contributed by atoms with E-state index in [1.165, 1.54) is 256 Å². The quantitative estimate of drug-likeness (QED) is 0.0418. The second-order valence-electron chi connectivity index (χ2n) is 18.7. The van der Waals surface area contributed by atoms with Gasteiger partial charge >= 0.3 is 0 Å². The second kappa shape index (κ2) is 33.4. The third kappa shape index (κ3) is 19.8. The Morgan fingerprint density at radius 2 is 0.613 bits per heavy atom. The van der Waals surface area contributed by atoms with Gasteiger partial charge in [0.05, 0.1) is 30.0 Å². The predicted molar refractivity (Wildman–Crippen MR) is 287 cm³/mol. The van der Waals surface area contributed by atoms with Crippen molar-refractivity contribution >= 4 is 65.6 Å². The maximum Gasteiger partial charge on any atom is 0.0983 e.